The average Bonchev–Trinajstić information content (AvgIpc) is 3.22. The molecule has 1 aromatic rings. The maximum Gasteiger partial charge on any atom is 0.274 e. The lowest BCUT2D eigenvalue weighted by molar-refractivity contribution is -0.385. The summed E-state index contributed by atoms with van der Waals surface area (Å²) < 4.78 is 0. The largest absolute Gasteiger partial charge is 0.325 e. The molecule has 0 spiro atoms. The first-order valence-electron chi connectivity index (χ1n) is 6.88. The third kappa shape index (κ3) is 4.03. The van der Waals surface area contributed by atoms with Gasteiger partial charge in [0, 0.05) is 17.3 Å². The van der Waals surface area contributed by atoms with Crippen LogP contribution in [0, 0.1) is 16.0 Å². The van der Waals surface area contributed by atoms with Gasteiger partial charge in [-0.1, -0.05) is 13.0 Å². The Balaban J connectivity index is 1.92. The van der Waals surface area contributed by atoms with Crippen molar-refractivity contribution in [3.05, 3.63) is 33.9 Å². The maximum atomic E-state index is 11.7. The van der Waals surface area contributed by atoms with Crippen LogP contribution < -0.4 is 10.6 Å². The maximum absolute atomic E-state index is 11.7. The van der Waals surface area contributed by atoms with Crippen molar-refractivity contribution in [3.8, 4) is 0 Å². The smallest absolute Gasteiger partial charge is 0.274 e. The van der Waals surface area contributed by atoms with E-state index in [1.807, 2.05) is 6.92 Å². The number of carbonyl (C=O) groups excluding carboxylic acids is 1. The van der Waals surface area contributed by atoms with Crippen LogP contribution in [-0.4, -0.2) is 23.9 Å². The topological polar surface area (TPSA) is 84.3 Å². The summed E-state index contributed by atoms with van der Waals surface area (Å²) >= 11 is 0. The van der Waals surface area contributed by atoms with Gasteiger partial charge in [0.05, 0.1) is 11.5 Å². The number of rotatable bonds is 7. The minimum absolute atomic E-state index is 0.0521. The number of aryl methyl sites for hydroxylation is 1. The lowest BCUT2D eigenvalue weighted by Crippen LogP contribution is -2.29. The van der Waals surface area contributed by atoms with Gasteiger partial charge < -0.3 is 10.6 Å². The Morgan fingerprint density at radius 3 is 2.80 bits per heavy atom. The molecule has 6 heteroatoms. The number of nitrogens with zero attached hydrogens (tertiary/aromatic N) is 1. The predicted octanol–water partition coefficient (Wildman–Crippen LogP) is 2.10. The summed E-state index contributed by atoms with van der Waals surface area (Å²) in [5, 5.41) is 16.7. The molecule has 0 saturated heterocycles. The number of carbonyl (C=O) groups is 1. The molecule has 0 aliphatic heterocycles. The molecule has 0 radical (unpaired) electrons. The molecule has 108 valence electrons. The Labute approximate surface area is 117 Å². The predicted molar refractivity (Wildman–Crippen MR) is 76.7 cm³/mol. The minimum atomic E-state index is -0.417. The first-order valence-corrected chi connectivity index (χ1v) is 6.88. The quantitative estimate of drug-likeness (QED) is 0.590. The first-order chi connectivity index (χ1) is 9.60. The van der Waals surface area contributed by atoms with Gasteiger partial charge in [-0.15, -0.1) is 0 Å². The number of hydrogen-bond donors (Lipinski definition) is 2. The molecule has 0 aromatic heterocycles. The molecule has 1 aliphatic rings. The van der Waals surface area contributed by atoms with Crippen molar-refractivity contribution in [1.82, 2.24) is 5.32 Å². The standard InChI is InChI=1S/C14H19N3O3/c1-2-11-5-6-12(7-13(11)17(19)20)16-14(18)9-15-8-10-3-4-10/h5-7,10,15H,2-4,8-9H2,1H3,(H,16,18). The van der Waals surface area contributed by atoms with Crippen molar-refractivity contribution in [2.45, 2.75) is 26.2 Å². The summed E-state index contributed by atoms with van der Waals surface area (Å²) in [6.07, 6.45) is 3.06. The second kappa shape index (κ2) is 6.47. The van der Waals surface area contributed by atoms with E-state index in [1.165, 1.54) is 18.9 Å². The van der Waals surface area contributed by atoms with E-state index in [-0.39, 0.29) is 18.1 Å². The molecule has 0 atom stereocenters. The van der Waals surface area contributed by atoms with Crippen LogP contribution in [0.4, 0.5) is 11.4 Å². The van der Waals surface area contributed by atoms with Crippen molar-refractivity contribution in [3.63, 3.8) is 0 Å². The van der Waals surface area contributed by atoms with Crippen LogP contribution in [0.3, 0.4) is 0 Å². The van der Waals surface area contributed by atoms with Crippen molar-refractivity contribution in [2.75, 3.05) is 18.4 Å². The SMILES string of the molecule is CCc1ccc(NC(=O)CNCC2CC2)cc1[N+](=O)[O-]. The fourth-order valence-electron chi connectivity index (χ4n) is 2.03. The summed E-state index contributed by atoms with van der Waals surface area (Å²) in [4.78, 5) is 22.2. The van der Waals surface area contributed by atoms with Crippen LogP contribution >= 0.6 is 0 Å². The van der Waals surface area contributed by atoms with Crippen molar-refractivity contribution < 1.29 is 9.72 Å². The summed E-state index contributed by atoms with van der Waals surface area (Å²) in [7, 11) is 0. The molecule has 2 N–H and O–H groups in total. The molecule has 1 amide bonds. The van der Waals surface area contributed by atoms with Crippen molar-refractivity contribution in [2.24, 2.45) is 5.92 Å². The zero-order valence-electron chi connectivity index (χ0n) is 11.5. The van der Waals surface area contributed by atoms with Gasteiger partial charge in [-0.25, -0.2) is 0 Å². The molecule has 0 heterocycles. The highest BCUT2D eigenvalue weighted by molar-refractivity contribution is 5.92. The van der Waals surface area contributed by atoms with E-state index < -0.39 is 4.92 Å². The summed E-state index contributed by atoms with van der Waals surface area (Å²) in [5.74, 6) is 0.539. The van der Waals surface area contributed by atoms with Crippen molar-refractivity contribution in [1.29, 1.82) is 0 Å². The van der Waals surface area contributed by atoms with Crippen molar-refractivity contribution >= 4 is 17.3 Å². The number of hydrogen-bond acceptors (Lipinski definition) is 4. The zero-order valence-corrected chi connectivity index (χ0v) is 11.5. The third-order valence-electron chi connectivity index (χ3n) is 3.36. The molecule has 20 heavy (non-hydrogen) atoms. The molecule has 0 bridgehead atoms. The van der Waals surface area contributed by atoms with Gasteiger partial charge in [-0.05, 0) is 37.8 Å². The number of nitro groups is 1. The Morgan fingerprint density at radius 1 is 1.45 bits per heavy atom. The van der Waals surface area contributed by atoms with E-state index in [0.29, 0.717) is 23.6 Å². The highest BCUT2D eigenvalue weighted by Crippen LogP contribution is 2.27. The molecular formula is C14H19N3O3. The van der Waals surface area contributed by atoms with Crippen LogP contribution in [0.5, 0.6) is 0 Å². The van der Waals surface area contributed by atoms with E-state index in [9.17, 15) is 14.9 Å². The van der Waals surface area contributed by atoms with Gasteiger partial charge in [-0.2, -0.15) is 0 Å². The molecular weight excluding hydrogens is 258 g/mol. The molecule has 1 saturated carbocycles. The Hall–Kier alpha value is -1.95. The molecule has 6 nitrogen and oxygen atoms in total. The summed E-state index contributed by atoms with van der Waals surface area (Å²) in [6.45, 7) is 2.96. The van der Waals surface area contributed by atoms with Gasteiger partial charge >= 0.3 is 0 Å². The molecule has 1 aromatic carbocycles. The Bertz CT molecular complexity index is 512. The Morgan fingerprint density at radius 2 is 2.20 bits per heavy atom. The monoisotopic (exact) mass is 277 g/mol. The second-order valence-corrected chi connectivity index (χ2v) is 5.08. The van der Waals surface area contributed by atoms with Crippen LogP contribution in [-0.2, 0) is 11.2 Å². The van der Waals surface area contributed by atoms with Gasteiger partial charge in [0.1, 0.15) is 0 Å². The minimum Gasteiger partial charge on any atom is -0.325 e. The van der Waals surface area contributed by atoms with Gasteiger partial charge in [-0.3, -0.25) is 14.9 Å². The van der Waals surface area contributed by atoms with E-state index >= 15 is 0 Å². The molecule has 1 fully saturated rings. The van der Waals surface area contributed by atoms with Gasteiger partial charge in [0.15, 0.2) is 0 Å². The fourth-order valence-corrected chi connectivity index (χ4v) is 2.03. The normalized spacial score (nSPS) is 14.1. The number of nitro benzene ring substituents is 1. The van der Waals surface area contributed by atoms with E-state index in [0.717, 1.165) is 6.54 Å². The van der Waals surface area contributed by atoms with E-state index in [2.05, 4.69) is 10.6 Å². The lowest BCUT2D eigenvalue weighted by Gasteiger charge is -2.07. The van der Waals surface area contributed by atoms with Crippen LogP contribution in [0.15, 0.2) is 18.2 Å². The van der Waals surface area contributed by atoms with Crippen LogP contribution in [0.25, 0.3) is 0 Å². The van der Waals surface area contributed by atoms with Crippen LogP contribution in [0.1, 0.15) is 25.3 Å². The van der Waals surface area contributed by atoms with E-state index in [1.54, 1.807) is 12.1 Å². The van der Waals surface area contributed by atoms with Gasteiger partial charge in [0.2, 0.25) is 5.91 Å². The molecule has 0 unspecified atom stereocenters. The number of benzene rings is 1. The zero-order chi connectivity index (χ0) is 14.5. The first kappa shape index (κ1) is 14.5. The number of amides is 1. The molecule has 2 rings (SSSR count). The average molecular weight is 277 g/mol. The third-order valence-corrected chi connectivity index (χ3v) is 3.36. The number of anilines is 1. The second-order valence-electron chi connectivity index (χ2n) is 5.08. The summed E-state index contributed by atoms with van der Waals surface area (Å²) in [5.41, 5.74) is 1.18. The van der Waals surface area contributed by atoms with Gasteiger partial charge in [0.25, 0.3) is 5.69 Å². The highest BCUT2D eigenvalue weighted by Gasteiger charge is 2.20. The van der Waals surface area contributed by atoms with E-state index in [4.69, 9.17) is 0 Å². The number of nitrogens with one attached hydrogen (secondary N) is 2. The molecule has 1 aliphatic carbocycles. The summed E-state index contributed by atoms with van der Waals surface area (Å²) in [6, 6.07) is 4.80. The van der Waals surface area contributed by atoms with Crippen LogP contribution in [0.2, 0.25) is 0 Å². The lowest BCUT2D eigenvalue weighted by atomic mass is 10.1. The fraction of sp³-hybridized carbons (Fsp3) is 0.500. The highest BCUT2D eigenvalue weighted by atomic mass is 16.6. The Kier molecular flexibility index (Phi) is 4.68.